The lowest BCUT2D eigenvalue weighted by Crippen LogP contribution is -1.92. The number of fused-ring (bicyclic) bond motifs is 3. The zero-order valence-electron chi connectivity index (χ0n) is 13.7. The van der Waals surface area contributed by atoms with E-state index in [0.29, 0.717) is 0 Å². The lowest BCUT2D eigenvalue weighted by Gasteiger charge is -2.06. The highest BCUT2D eigenvalue weighted by Crippen LogP contribution is 2.38. The van der Waals surface area contributed by atoms with Crippen LogP contribution in [0.5, 0.6) is 0 Å². The SMILES string of the molecule is Cc1csc2c3c(-c4ccccc4)nnc(-c4ccccc4)c3cn12. The topological polar surface area (TPSA) is 30.2 Å². The summed E-state index contributed by atoms with van der Waals surface area (Å²) >= 11 is 1.76. The van der Waals surface area contributed by atoms with Crippen molar-refractivity contribution in [3.8, 4) is 22.5 Å². The summed E-state index contributed by atoms with van der Waals surface area (Å²) in [4.78, 5) is 1.22. The number of hydrogen-bond acceptors (Lipinski definition) is 3. The lowest BCUT2D eigenvalue weighted by molar-refractivity contribution is 1.06. The molecular formula is C21H15N3S. The molecule has 0 aliphatic rings. The van der Waals surface area contributed by atoms with Gasteiger partial charge in [0.2, 0.25) is 0 Å². The standard InChI is InChI=1S/C21H15N3S/c1-14-13-25-21-18-17(12-24(14)21)19(15-8-4-2-5-9-15)22-23-20(18)16-10-6-3-7-11-16/h2-13H,1H3. The van der Waals surface area contributed by atoms with Crippen LogP contribution in [0.25, 0.3) is 38.1 Å². The minimum atomic E-state index is 0.936. The van der Waals surface area contributed by atoms with Gasteiger partial charge in [-0.15, -0.1) is 21.5 Å². The molecule has 0 atom stereocenters. The molecule has 25 heavy (non-hydrogen) atoms. The molecule has 0 amide bonds. The third-order valence-corrected chi connectivity index (χ3v) is 5.60. The summed E-state index contributed by atoms with van der Waals surface area (Å²) in [7, 11) is 0. The Bertz CT molecular complexity index is 1190. The number of nitrogens with zero attached hydrogens (tertiary/aromatic N) is 3. The van der Waals surface area contributed by atoms with Crippen molar-refractivity contribution in [1.29, 1.82) is 0 Å². The number of thiazole rings is 1. The van der Waals surface area contributed by atoms with Crippen molar-refractivity contribution in [2.75, 3.05) is 0 Å². The highest BCUT2D eigenvalue weighted by molar-refractivity contribution is 7.16. The van der Waals surface area contributed by atoms with E-state index in [0.717, 1.165) is 27.9 Å². The Hall–Kier alpha value is -2.98. The Morgan fingerprint density at radius 3 is 2.08 bits per heavy atom. The van der Waals surface area contributed by atoms with Crippen molar-refractivity contribution in [3.63, 3.8) is 0 Å². The first-order valence-electron chi connectivity index (χ1n) is 8.19. The molecule has 0 N–H and O–H groups in total. The molecule has 0 unspecified atom stereocenters. The molecule has 3 heterocycles. The Morgan fingerprint density at radius 1 is 0.800 bits per heavy atom. The Kier molecular flexibility index (Phi) is 3.18. The van der Waals surface area contributed by atoms with Gasteiger partial charge in [-0.1, -0.05) is 60.7 Å². The van der Waals surface area contributed by atoms with Gasteiger partial charge >= 0.3 is 0 Å². The second-order valence-electron chi connectivity index (χ2n) is 6.10. The van der Waals surface area contributed by atoms with E-state index in [-0.39, 0.29) is 0 Å². The summed E-state index contributed by atoms with van der Waals surface area (Å²) in [5.74, 6) is 0. The molecule has 0 aliphatic carbocycles. The number of rotatable bonds is 2. The van der Waals surface area contributed by atoms with E-state index in [4.69, 9.17) is 0 Å². The Balaban J connectivity index is 1.92. The van der Waals surface area contributed by atoms with E-state index >= 15 is 0 Å². The first kappa shape index (κ1) is 14.4. The van der Waals surface area contributed by atoms with Gasteiger partial charge in [0.15, 0.2) is 0 Å². The predicted molar refractivity (Wildman–Crippen MR) is 104 cm³/mol. The van der Waals surface area contributed by atoms with Crippen molar-refractivity contribution in [2.45, 2.75) is 6.92 Å². The molecule has 0 aliphatic heterocycles. The van der Waals surface area contributed by atoms with Crippen LogP contribution in [0.15, 0.2) is 72.2 Å². The maximum atomic E-state index is 4.63. The molecule has 3 aromatic heterocycles. The molecule has 5 aromatic rings. The molecule has 120 valence electrons. The fourth-order valence-electron chi connectivity index (χ4n) is 3.28. The molecule has 0 spiro atoms. The van der Waals surface area contributed by atoms with Gasteiger partial charge in [-0.05, 0) is 6.92 Å². The number of aromatic nitrogens is 3. The van der Waals surface area contributed by atoms with Crippen LogP contribution in [0.3, 0.4) is 0 Å². The maximum absolute atomic E-state index is 4.63. The molecule has 0 saturated heterocycles. The molecule has 0 bridgehead atoms. The molecule has 5 rings (SSSR count). The highest BCUT2D eigenvalue weighted by Gasteiger charge is 2.18. The van der Waals surface area contributed by atoms with E-state index in [1.165, 1.54) is 15.9 Å². The molecule has 2 aromatic carbocycles. The second-order valence-corrected chi connectivity index (χ2v) is 6.96. The minimum absolute atomic E-state index is 0.936. The first-order chi connectivity index (χ1) is 12.3. The van der Waals surface area contributed by atoms with E-state index in [1.54, 1.807) is 11.3 Å². The maximum Gasteiger partial charge on any atom is 0.110 e. The fraction of sp³-hybridized carbons (Fsp3) is 0.0476. The number of aryl methyl sites for hydroxylation is 1. The zero-order valence-corrected chi connectivity index (χ0v) is 14.5. The van der Waals surface area contributed by atoms with E-state index in [9.17, 15) is 0 Å². The lowest BCUT2D eigenvalue weighted by atomic mass is 10.0. The van der Waals surface area contributed by atoms with Gasteiger partial charge in [-0.2, -0.15) is 0 Å². The van der Waals surface area contributed by atoms with Crippen molar-refractivity contribution in [3.05, 3.63) is 77.9 Å². The van der Waals surface area contributed by atoms with Crippen LogP contribution < -0.4 is 0 Å². The fourth-order valence-corrected chi connectivity index (χ4v) is 4.31. The van der Waals surface area contributed by atoms with Gasteiger partial charge in [0.25, 0.3) is 0 Å². The van der Waals surface area contributed by atoms with Crippen LogP contribution in [-0.4, -0.2) is 14.6 Å². The van der Waals surface area contributed by atoms with Gasteiger partial charge in [-0.25, -0.2) is 0 Å². The number of benzene rings is 2. The van der Waals surface area contributed by atoms with Crippen molar-refractivity contribution in [1.82, 2.24) is 14.6 Å². The van der Waals surface area contributed by atoms with Gasteiger partial charge in [0.1, 0.15) is 16.2 Å². The van der Waals surface area contributed by atoms with Crippen LogP contribution >= 0.6 is 11.3 Å². The molecular weight excluding hydrogens is 326 g/mol. The largest absolute Gasteiger partial charge is 0.311 e. The molecule has 3 nitrogen and oxygen atoms in total. The third kappa shape index (κ3) is 2.18. The summed E-state index contributed by atoms with van der Waals surface area (Å²) in [6.07, 6.45) is 2.19. The van der Waals surface area contributed by atoms with E-state index < -0.39 is 0 Å². The second kappa shape index (κ2) is 5.53. The normalized spacial score (nSPS) is 11.4. The average molecular weight is 341 g/mol. The van der Waals surface area contributed by atoms with Crippen LogP contribution in [0, 0.1) is 6.92 Å². The van der Waals surface area contributed by atoms with Gasteiger partial charge < -0.3 is 4.40 Å². The number of hydrogen-bond donors (Lipinski definition) is 0. The molecule has 0 radical (unpaired) electrons. The van der Waals surface area contributed by atoms with Gasteiger partial charge in [0.05, 0.1) is 0 Å². The zero-order chi connectivity index (χ0) is 16.8. The summed E-state index contributed by atoms with van der Waals surface area (Å²) in [5, 5.41) is 13.7. The summed E-state index contributed by atoms with van der Waals surface area (Å²) < 4.78 is 2.25. The minimum Gasteiger partial charge on any atom is -0.311 e. The highest BCUT2D eigenvalue weighted by atomic mass is 32.1. The van der Waals surface area contributed by atoms with Crippen LogP contribution in [0.4, 0.5) is 0 Å². The van der Waals surface area contributed by atoms with Crippen LogP contribution in [0.2, 0.25) is 0 Å². The predicted octanol–water partition coefficient (Wildman–Crippen LogP) is 5.59. The monoisotopic (exact) mass is 341 g/mol. The van der Waals surface area contributed by atoms with Crippen molar-refractivity contribution >= 4 is 26.9 Å². The molecule has 0 fully saturated rings. The summed E-state index contributed by atoms with van der Waals surface area (Å²) in [6, 6.07) is 20.6. The van der Waals surface area contributed by atoms with E-state index in [2.05, 4.69) is 57.4 Å². The molecule has 0 saturated carbocycles. The van der Waals surface area contributed by atoms with Gasteiger partial charge in [0, 0.05) is 39.2 Å². The molecule has 4 heteroatoms. The van der Waals surface area contributed by atoms with Crippen molar-refractivity contribution in [2.24, 2.45) is 0 Å². The smallest absolute Gasteiger partial charge is 0.110 e. The third-order valence-electron chi connectivity index (χ3n) is 4.52. The van der Waals surface area contributed by atoms with Crippen molar-refractivity contribution < 1.29 is 0 Å². The van der Waals surface area contributed by atoms with E-state index in [1.807, 2.05) is 36.4 Å². The quantitative estimate of drug-likeness (QED) is 0.419. The average Bonchev–Trinajstić information content (AvgIpc) is 3.23. The van der Waals surface area contributed by atoms with Crippen LogP contribution in [-0.2, 0) is 0 Å². The Morgan fingerprint density at radius 2 is 1.40 bits per heavy atom. The van der Waals surface area contributed by atoms with Gasteiger partial charge in [-0.3, -0.25) is 0 Å². The summed E-state index contributed by atoms with van der Waals surface area (Å²) in [6.45, 7) is 2.13. The first-order valence-corrected chi connectivity index (χ1v) is 9.07. The Labute approximate surface area is 149 Å². The van der Waals surface area contributed by atoms with Crippen LogP contribution in [0.1, 0.15) is 5.69 Å². The summed E-state index contributed by atoms with van der Waals surface area (Å²) in [5.41, 5.74) is 5.30.